The van der Waals surface area contributed by atoms with E-state index in [0.717, 1.165) is 16.9 Å². The van der Waals surface area contributed by atoms with E-state index in [4.69, 9.17) is 5.14 Å². The standard InChI is InChI=1S/C14H13N5O3S2/c15-24(21,22)11-3-7-23-12(11)14(20)18-8-10-2-1-4-17-13(10)19-6-5-16-9-19/h1-7,9H,8H2,(H,18,20)(H2,15,21,22). The number of thiophene rings is 1. The SMILES string of the molecule is NS(=O)(=O)c1ccsc1C(=O)NCc1cccnc1-n1ccnc1. The molecule has 1 amide bonds. The summed E-state index contributed by atoms with van der Waals surface area (Å²) in [6, 6.07) is 4.89. The van der Waals surface area contributed by atoms with Crippen LogP contribution in [-0.2, 0) is 16.6 Å². The third-order valence-electron chi connectivity index (χ3n) is 3.20. The maximum Gasteiger partial charge on any atom is 0.263 e. The lowest BCUT2D eigenvalue weighted by Gasteiger charge is -2.10. The van der Waals surface area contributed by atoms with Gasteiger partial charge in [0, 0.05) is 30.7 Å². The lowest BCUT2D eigenvalue weighted by Crippen LogP contribution is -2.25. The van der Waals surface area contributed by atoms with Crippen molar-refractivity contribution in [3.8, 4) is 5.82 Å². The van der Waals surface area contributed by atoms with Crippen LogP contribution in [-0.4, -0.2) is 28.9 Å². The molecule has 0 saturated carbocycles. The number of carbonyl (C=O) groups excluding carboxylic acids is 1. The van der Waals surface area contributed by atoms with Crippen LogP contribution in [0.2, 0.25) is 0 Å². The maximum absolute atomic E-state index is 12.3. The summed E-state index contributed by atoms with van der Waals surface area (Å²) < 4.78 is 24.7. The number of imidazole rings is 1. The highest BCUT2D eigenvalue weighted by molar-refractivity contribution is 7.89. The first kappa shape index (κ1) is 16.3. The highest BCUT2D eigenvalue weighted by Crippen LogP contribution is 2.21. The third-order valence-corrected chi connectivity index (χ3v) is 5.19. The Morgan fingerprint density at radius 2 is 2.17 bits per heavy atom. The fourth-order valence-corrected chi connectivity index (χ4v) is 4.02. The van der Waals surface area contributed by atoms with Crippen molar-refractivity contribution in [3.63, 3.8) is 0 Å². The Morgan fingerprint density at radius 1 is 1.33 bits per heavy atom. The molecule has 3 rings (SSSR count). The smallest absolute Gasteiger partial charge is 0.263 e. The number of nitrogens with two attached hydrogens (primary N) is 1. The van der Waals surface area contributed by atoms with Gasteiger partial charge < -0.3 is 5.32 Å². The van der Waals surface area contributed by atoms with Crippen LogP contribution in [0.25, 0.3) is 5.82 Å². The van der Waals surface area contributed by atoms with Gasteiger partial charge in [0.05, 0.1) is 0 Å². The molecule has 3 N–H and O–H groups in total. The number of pyridine rings is 1. The molecule has 3 aromatic rings. The quantitative estimate of drug-likeness (QED) is 0.698. The van der Waals surface area contributed by atoms with Crippen LogP contribution < -0.4 is 10.5 Å². The zero-order valence-electron chi connectivity index (χ0n) is 12.3. The number of sulfonamides is 1. The van der Waals surface area contributed by atoms with E-state index in [9.17, 15) is 13.2 Å². The van der Waals surface area contributed by atoms with E-state index >= 15 is 0 Å². The minimum atomic E-state index is -3.94. The first-order valence-corrected chi connectivity index (χ1v) is 9.20. The molecule has 24 heavy (non-hydrogen) atoms. The number of aromatic nitrogens is 3. The molecule has 0 fully saturated rings. The van der Waals surface area contributed by atoms with Crippen molar-refractivity contribution in [2.24, 2.45) is 5.14 Å². The van der Waals surface area contributed by atoms with E-state index in [2.05, 4.69) is 15.3 Å². The molecule has 0 aromatic carbocycles. The van der Waals surface area contributed by atoms with Crippen LogP contribution in [0.1, 0.15) is 15.2 Å². The summed E-state index contributed by atoms with van der Waals surface area (Å²) in [5, 5.41) is 9.32. The highest BCUT2D eigenvalue weighted by atomic mass is 32.2. The zero-order chi connectivity index (χ0) is 17.2. The number of hydrogen-bond acceptors (Lipinski definition) is 6. The van der Waals surface area contributed by atoms with Gasteiger partial charge in [-0.15, -0.1) is 11.3 Å². The largest absolute Gasteiger partial charge is 0.347 e. The fraction of sp³-hybridized carbons (Fsp3) is 0.0714. The summed E-state index contributed by atoms with van der Waals surface area (Å²) in [4.78, 5) is 20.4. The summed E-state index contributed by atoms with van der Waals surface area (Å²) in [5.41, 5.74) is 0.762. The molecule has 0 spiro atoms. The molecule has 3 heterocycles. The summed E-state index contributed by atoms with van der Waals surface area (Å²) in [6.45, 7) is 0.183. The number of nitrogens with one attached hydrogen (secondary N) is 1. The van der Waals surface area contributed by atoms with Crippen molar-refractivity contribution in [1.82, 2.24) is 19.9 Å². The van der Waals surface area contributed by atoms with Crippen LogP contribution in [0.15, 0.2) is 53.4 Å². The number of nitrogens with zero attached hydrogens (tertiary/aromatic N) is 3. The Balaban J connectivity index is 1.80. The summed E-state index contributed by atoms with van der Waals surface area (Å²) in [5.74, 6) is 0.127. The predicted octanol–water partition coefficient (Wildman–Crippen LogP) is 0.906. The zero-order valence-corrected chi connectivity index (χ0v) is 13.9. The summed E-state index contributed by atoms with van der Waals surface area (Å²) >= 11 is 1.02. The van der Waals surface area contributed by atoms with Crippen LogP contribution in [0.4, 0.5) is 0 Å². The minimum Gasteiger partial charge on any atom is -0.347 e. The Bertz CT molecular complexity index is 964. The van der Waals surface area contributed by atoms with E-state index in [0.29, 0.717) is 5.82 Å². The molecular formula is C14H13N5O3S2. The predicted molar refractivity (Wildman–Crippen MR) is 88.2 cm³/mol. The summed E-state index contributed by atoms with van der Waals surface area (Å²) in [7, 11) is -3.94. The first-order chi connectivity index (χ1) is 11.5. The van der Waals surface area contributed by atoms with Gasteiger partial charge in [0.25, 0.3) is 5.91 Å². The van der Waals surface area contributed by atoms with Crippen LogP contribution in [0.3, 0.4) is 0 Å². The molecule has 10 heteroatoms. The van der Waals surface area contributed by atoms with E-state index in [1.54, 1.807) is 35.6 Å². The van der Waals surface area contributed by atoms with Gasteiger partial charge in [0.1, 0.15) is 21.9 Å². The average Bonchev–Trinajstić information content (AvgIpc) is 3.23. The average molecular weight is 363 g/mol. The first-order valence-electron chi connectivity index (χ1n) is 6.77. The van der Waals surface area contributed by atoms with E-state index in [1.807, 2.05) is 6.07 Å². The Kier molecular flexibility index (Phi) is 4.42. The topological polar surface area (TPSA) is 120 Å². The molecule has 124 valence electrons. The second-order valence-corrected chi connectivity index (χ2v) is 7.24. The van der Waals surface area contributed by atoms with E-state index in [-0.39, 0.29) is 16.3 Å². The number of rotatable bonds is 5. The van der Waals surface area contributed by atoms with Crippen molar-refractivity contribution >= 4 is 27.3 Å². The van der Waals surface area contributed by atoms with Crippen LogP contribution >= 0.6 is 11.3 Å². The van der Waals surface area contributed by atoms with Crippen molar-refractivity contribution < 1.29 is 13.2 Å². The minimum absolute atomic E-state index is 0.0607. The summed E-state index contributed by atoms with van der Waals surface area (Å²) in [6.07, 6.45) is 6.61. The van der Waals surface area contributed by atoms with Gasteiger partial charge in [-0.25, -0.2) is 23.5 Å². The highest BCUT2D eigenvalue weighted by Gasteiger charge is 2.21. The van der Waals surface area contributed by atoms with Gasteiger partial charge in [-0.05, 0) is 17.5 Å². The molecule has 0 atom stereocenters. The molecule has 0 aliphatic heterocycles. The Labute approximate surface area is 142 Å². The molecule has 0 aliphatic rings. The molecule has 8 nitrogen and oxygen atoms in total. The molecule has 0 unspecified atom stereocenters. The molecule has 0 aliphatic carbocycles. The van der Waals surface area contributed by atoms with Gasteiger partial charge in [0.15, 0.2) is 0 Å². The third kappa shape index (κ3) is 3.35. The molecule has 0 radical (unpaired) electrons. The van der Waals surface area contributed by atoms with Crippen molar-refractivity contribution in [2.45, 2.75) is 11.4 Å². The van der Waals surface area contributed by atoms with Crippen LogP contribution in [0.5, 0.6) is 0 Å². The fourth-order valence-electron chi connectivity index (χ4n) is 2.13. The van der Waals surface area contributed by atoms with E-state index < -0.39 is 15.9 Å². The Morgan fingerprint density at radius 3 is 2.88 bits per heavy atom. The monoisotopic (exact) mass is 363 g/mol. The number of primary sulfonamides is 1. The second-order valence-electron chi connectivity index (χ2n) is 4.80. The lowest BCUT2D eigenvalue weighted by molar-refractivity contribution is 0.0952. The van der Waals surface area contributed by atoms with Crippen molar-refractivity contribution in [3.05, 3.63) is 58.9 Å². The normalized spacial score (nSPS) is 11.4. The van der Waals surface area contributed by atoms with Crippen LogP contribution in [0, 0.1) is 0 Å². The number of carbonyl (C=O) groups is 1. The molecule has 0 bridgehead atoms. The maximum atomic E-state index is 12.3. The molecule has 0 saturated heterocycles. The van der Waals surface area contributed by atoms with Gasteiger partial charge in [-0.3, -0.25) is 9.36 Å². The molecule has 3 aromatic heterocycles. The Hall–Kier alpha value is -2.56. The number of amides is 1. The van der Waals surface area contributed by atoms with Crippen molar-refractivity contribution in [1.29, 1.82) is 0 Å². The van der Waals surface area contributed by atoms with Gasteiger partial charge >= 0.3 is 0 Å². The van der Waals surface area contributed by atoms with Gasteiger partial charge in [-0.1, -0.05) is 6.07 Å². The second kappa shape index (κ2) is 6.51. The van der Waals surface area contributed by atoms with Crippen molar-refractivity contribution in [2.75, 3.05) is 0 Å². The van der Waals surface area contributed by atoms with Gasteiger partial charge in [-0.2, -0.15) is 0 Å². The van der Waals surface area contributed by atoms with E-state index in [1.165, 1.54) is 11.4 Å². The lowest BCUT2D eigenvalue weighted by atomic mass is 10.2. The molecular weight excluding hydrogens is 350 g/mol. The number of hydrogen-bond donors (Lipinski definition) is 2. The van der Waals surface area contributed by atoms with Gasteiger partial charge in [0.2, 0.25) is 10.0 Å².